The van der Waals surface area contributed by atoms with Crippen molar-refractivity contribution in [1.29, 1.82) is 0 Å². The van der Waals surface area contributed by atoms with E-state index in [4.69, 9.17) is 11.6 Å². The number of nitrogens with one attached hydrogen (secondary N) is 1. The molecule has 2 aromatic carbocycles. The maximum absolute atomic E-state index is 13.1. The highest BCUT2D eigenvalue weighted by molar-refractivity contribution is 9.10. The highest BCUT2D eigenvalue weighted by Crippen LogP contribution is 2.32. The topological polar surface area (TPSA) is 29.1 Å². The quantitative estimate of drug-likeness (QED) is 0.765. The maximum atomic E-state index is 13.1. The summed E-state index contributed by atoms with van der Waals surface area (Å²) in [4.78, 5) is 12.9. The number of thioether (sulfide) groups is 1. The second-order valence-electron chi connectivity index (χ2n) is 3.89. The van der Waals surface area contributed by atoms with Gasteiger partial charge >= 0.3 is 0 Å². The number of hydrogen-bond acceptors (Lipinski definition) is 2. The molecule has 1 amide bonds. The highest BCUT2D eigenvalue weighted by atomic mass is 79.9. The molecule has 0 bridgehead atoms. The largest absolute Gasteiger partial charge is 0.323 e. The smallest absolute Gasteiger partial charge is 0.234 e. The molecule has 0 aromatic heterocycles. The fourth-order valence-corrected chi connectivity index (χ4v) is 3.12. The van der Waals surface area contributed by atoms with Gasteiger partial charge in [0.2, 0.25) is 5.91 Å². The molecule has 0 saturated heterocycles. The van der Waals surface area contributed by atoms with Gasteiger partial charge < -0.3 is 5.32 Å². The van der Waals surface area contributed by atoms with Gasteiger partial charge in [0.15, 0.2) is 0 Å². The van der Waals surface area contributed by atoms with Crippen LogP contribution in [-0.2, 0) is 4.79 Å². The van der Waals surface area contributed by atoms with Gasteiger partial charge in [-0.25, -0.2) is 4.39 Å². The van der Waals surface area contributed by atoms with Crippen molar-refractivity contribution >= 4 is 50.9 Å². The molecule has 1 N–H and O–H groups in total. The second-order valence-corrected chi connectivity index (χ2v) is 6.20. The fourth-order valence-electron chi connectivity index (χ4n) is 1.50. The van der Waals surface area contributed by atoms with Crippen LogP contribution in [0.4, 0.5) is 10.1 Å². The molecule has 0 aliphatic rings. The van der Waals surface area contributed by atoms with Crippen LogP contribution in [0, 0.1) is 5.82 Å². The van der Waals surface area contributed by atoms with E-state index in [2.05, 4.69) is 21.2 Å². The Morgan fingerprint density at radius 1 is 1.30 bits per heavy atom. The predicted molar refractivity (Wildman–Crippen MR) is 84.9 cm³/mol. The van der Waals surface area contributed by atoms with Gasteiger partial charge in [0, 0.05) is 9.37 Å². The van der Waals surface area contributed by atoms with E-state index in [0.717, 1.165) is 11.0 Å². The Morgan fingerprint density at radius 3 is 2.65 bits per heavy atom. The van der Waals surface area contributed by atoms with Crippen LogP contribution >= 0.6 is 39.3 Å². The molecule has 0 spiro atoms. The molecule has 6 heteroatoms. The normalized spacial score (nSPS) is 10.3. The third kappa shape index (κ3) is 4.23. The van der Waals surface area contributed by atoms with E-state index >= 15 is 0 Å². The number of halogens is 3. The van der Waals surface area contributed by atoms with Gasteiger partial charge in [-0.3, -0.25) is 4.79 Å². The molecule has 2 rings (SSSR count). The monoisotopic (exact) mass is 373 g/mol. The maximum Gasteiger partial charge on any atom is 0.234 e. The first-order chi connectivity index (χ1) is 9.56. The van der Waals surface area contributed by atoms with Gasteiger partial charge in [0.1, 0.15) is 5.82 Å². The lowest BCUT2D eigenvalue weighted by Crippen LogP contribution is -2.14. The van der Waals surface area contributed by atoms with Crippen molar-refractivity contribution in [2.45, 2.75) is 4.90 Å². The Balaban J connectivity index is 1.98. The summed E-state index contributed by atoms with van der Waals surface area (Å²) in [5.41, 5.74) is 0.381. The van der Waals surface area contributed by atoms with Crippen LogP contribution in [0.1, 0.15) is 0 Å². The highest BCUT2D eigenvalue weighted by Gasteiger charge is 2.11. The second kappa shape index (κ2) is 7.11. The molecule has 104 valence electrons. The molecule has 2 nitrogen and oxygen atoms in total. The number of carbonyl (C=O) groups is 1. The number of hydrogen-bond donors (Lipinski definition) is 1. The molecular formula is C14H10BrClFNOS. The van der Waals surface area contributed by atoms with E-state index in [-0.39, 0.29) is 16.7 Å². The van der Waals surface area contributed by atoms with Gasteiger partial charge in [0.25, 0.3) is 0 Å². The minimum atomic E-state index is -0.460. The summed E-state index contributed by atoms with van der Waals surface area (Å²) in [6.45, 7) is 0. The van der Waals surface area contributed by atoms with Gasteiger partial charge in [0.05, 0.1) is 16.5 Å². The molecule has 0 aliphatic carbocycles. The van der Waals surface area contributed by atoms with Crippen LogP contribution < -0.4 is 5.32 Å². The average molecular weight is 375 g/mol. The van der Waals surface area contributed by atoms with Gasteiger partial charge in [-0.15, -0.1) is 11.8 Å². The fraction of sp³-hybridized carbons (Fsp3) is 0.0714. The Labute approximate surface area is 133 Å². The third-order valence-electron chi connectivity index (χ3n) is 2.38. The van der Waals surface area contributed by atoms with E-state index in [1.165, 1.54) is 17.8 Å². The van der Waals surface area contributed by atoms with Crippen LogP contribution in [0.25, 0.3) is 0 Å². The number of rotatable bonds is 4. The van der Waals surface area contributed by atoms with Crippen LogP contribution in [0.5, 0.6) is 0 Å². The Morgan fingerprint density at radius 2 is 2.00 bits per heavy atom. The van der Waals surface area contributed by atoms with Gasteiger partial charge in [-0.05, 0) is 40.2 Å². The van der Waals surface area contributed by atoms with E-state index in [1.807, 2.05) is 30.3 Å². The third-order valence-corrected chi connectivity index (χ3v) is 4.32. The molecule has 0 radical (unpaired) electrons. The predicted octanol–water partition coefficient (Wildman–Crippen LogP) is 4.97. The number of anilines is 1. The lowest BCUT2D eigenvalue weighted by atomic mass is 10.3. The molecule has 0 atom stereocenters. The van der Waals surface area contributed by atoms with Crippen molar-refractivity contribution in [1.82, 2.24) is 0 Å². The molecular weight excluding hydrogens is 365 g/mol. The number of amides is 1. The standard InChI is InChI=1S/C14H10BrClFNOS/c15-11-6-9(17)7-12(16)14(11)18-13(19)8-20-10-4-2-1-3-5-10/h1-7H,8H2,(H,18,19). The number of carbonyl (C=O) groups excluding carboxylic acids is 1. The van der Waals surface area contributed by atoms with E-state index in [9.17, 15) is 9.18 Å². The molecule has 0 heterocycles. The zero-order chi connectivity index (χ0) is 14.5. The molecule has 0 saturated carbocycles. The first-order valence-electron chi connectivity index (χ1n) is 5.68. The van der Waals surface area contributed by atoms with E-state index < -0.39 is 5.82 Å². The summed E-state index contributed by atoms with van der Waals surface area (Å²) in [6, 6.07) is 12.0. The van der Waals surface area contributed by atoms with Crippen molar-refractivity contribution < 1.29 is 9.18 Å². The van der Waals surface area contributed by atoms with Crippen LogP contribution in [0.2, 0.25) is 5.02 Å². The van der Waals surface area contributed by atoms with Gasteiger partial charge in [-0.2, -0.15) is 0 Å². The van der Waals surface area contributed by atoms with Crippen LogP contribution in [0.15, 0.2) is 51.8 Å². The molecule has 2 aromatic rings. The van der Waals surface area contributed by atoms with Crippen LogP contribution in [0.3, 0.4) is 0 Å². The van der Waals surface area contributed by atoms with Crippen molar-refractivity contribution in [3.63, 3.8) is 0 Å². The molecule has 0 unspecified atom stereocenters. The minimum absolute atomic E-state index is 0.162. The Bertz CT molecular complexity index is 601. The van der Waals surface area contributed by atoms with E-state index in [0.29, 0.717) is 10.2 Å². The Kier molecular flexibility index (Phi) is 5.46. The lowest BCUT2D eigenvalue weighted by Gasteiger charge is -2.09. The summed E-state index contributed by atoms with van der Waals surface area (Å²) >= 11 is 10.5. The zero-order valence-corrected chi connectivity index (χ0v) is 13.4. The summed E-state index contributed by atoms with van der Waals surface area (Å²) in [7, 11) is 0. The van der Waals surface area contributed by atoms with E-state index in [1.54, 1.807) is 0 Å². The minimum Gasteiger partial charge on any atom is -0.323 e. The summed E-state index contributed by atoms with van der Waals surface area (Å²) in [5.74, 6) is -0.406. The van der Waals surface area contributed by atoms with Gasteiger partial charge in [-0.1, -0.05) is 29.8 Å². The Hall–Kier alpha value is -1.04. The summed E-state index contributed by atoms with van der Waals surface area (Å²) in [6.07, 6.45) is 0. The van der Waals surface area contributed by atoms with Crippen molar-refractivity contribution in [2.24, 2.45) is 0 Å². The molecule has 0 fully saturated rings. The van der Waals surface area contributed by atoms with Crippen molar-refractivity contribution in [2.75, 3.05) is 11.1 Å². The zero-order valence-electron chi connectivity index (χ0n) is 10.2. The van der Waals surface area contributed by atoms with Crippen molar-refractivity contribution in [3.05, 3.63) is 57.8 Å². The first-order valence-corrected chi connectivity index (χ1v) is 7.84. The SMILES string of the molecule is O=C(CSc1ccccc1)Nc1c(Cl)cc(F)cc1Br. The summed E-state index contributed by atoms with van der Waals surface area (Å²) in [5, 5.41) is 2.83. The van der Waals surface area contributed by atoms with Crippen LogP contribution in [-0.4, -0.2) is 11.7 Å². The average Bonchev–Trinajstić information content (AvgIpc) is 2.42. The first kappa shape index (κ1) is 15.4. The number of benzene rings is 2. The molecule has 20 heavy (non-hydrogen) atoms. The van der Waals surface area contributed by atoms with Crippen molar-refractivity contribution in [3.8, 4) is 0 Å². The lowest BCUT2D eigenvalue weighted by molar-refractivity contribution is -0.113. The molecule has 0 aliphatic heterocycles. The summed E-state index contributed by atoms with van der Waals surface area (Å²) < 4.78 is 13.5.